The van der Waals surface area contributed by atoms with Crippen LogP contribution in [0.4, 0.5) is 10.2 Å². The van der Waals surface area contributed by atoms with Crippen molar-refractivity contribution in [3.63, 3.8) is 0 Å². The van der Waals surface area contributed by atoms with Gasteiger partial charge in [0, 0.05) is 13.1 Å². The molecule has 5 nitrogen and oxygen atoms in total. The molecule has 92 valence electrons. The van der Waals surface area contributed by atoms with Crippen LogP contribution >= 0.6 is 0 Å². The Hall–Kier alpha value is -1.69. The first kappa shape index (κ1) is 11.8. The molecule has 6 heteroatoms. The molecule has 0 spiro atoms. The highest BCUT2D eigenvalue weighted by Crippen LogP contribution is 2.23. The number of likely N-dealkylation sites (tertiary alicyclic amines) is 1. The topological polar surface area (TPSA) is 79.5 Å². The van der Waals surface area contributed by atoms with Crippen LogP contribution < -0.4 is 5.73 Å². The summed E-state index contributed by atoms with van der Waals surface area (Å²) < 4.78 is 13.0. The zero-order valence-corrected chi connectivity index (χ0v) is 9.48. The van der Waals surface area contributed by atoms with Gasteiger partial charge in [-0.1, -0.05) is 0 Å². The molecule has 17 heavy (non-hydrogen) atoms. The fourth-order valence-electron chi connectivity index (χ4n) is 1.91. The van der Waals surface area contributed by atoms with Crippen LogP contribution in [0, 0.1) is 5.82 Å². The molecule has 1 atom stereocenters. The fraction of sp³-hybridized carbons (Fsp3) is 0.455. The van der Waals surface area contributed by atoms with Gasteiger partial charge in [0.05, 0.1) is 17.4 Å². The summed E-state index contributed by atoms with van der Waals surface area (Å²) in [5, 5.41) is 9.77. The first-order valence-corrected chi connectivity index (χ1v) is 5.32. The van der Waals surface area contributed by atoms with E-state index in [4.69, 9.17) is 5.73 Å². The Bertz CT molecular complexity index is 462. The highest BCUT2D eigenvalue weighted by molar-refractivity contribution is 5.98. The maximum absolute atomic E-state index is 13.0. The Morgan fingerprint density at radius 2 is 2.41 bits per heavy atom. The monoisotopic (exact) mass is 239 g/mol. The Balaban J connectivity index is 2.23. The SMILES string of the molecule is CC1(O)CCN(C(=O)c2cc(F)cnc2N)C1. The number of rotatable bonds is 1. The first-order valence-electron chi connectivity index (χ1n) is 5.32. The molecule has 2 rings (SSSR count). The number of aliphatic hydroxyl groups is 1. The Kier molecular flexibility index (Phi) is 2.74. The molecule has 3 N–H and O–H groups in total. The van der Waals surface area contributed by atoms with E-state index < -0.39 is 17.3 Å². The number of aromatic nitrogens is 1. The van der Waals surface area contributed by atoms with E-state index in [1.54, 1.807) is 6.92 Å². The average molecular weight is 239 g/mol. The molecule has 0 bridgehead atoms. The van der Waals surface area contributed by atoms with Crippen LogP contribution in [0.25, 0.3) is 0 Å². The summed E-state index contributed by atoms with van der Waals surface area (Å²) in [6, 6.07) is 1.07. The highest BCUT2D eigenvalue weighted by atomic mass is 19.1. The van der Waals surface area contributed by atoms with E-state index in [0.29, 0.717) is 13.0 Å². The largest absolute Gasteiger partial charge is 0.388 e. The predicted molar refractivity (Wildman–Crippen MR) is 59.8 cm³/mol. The highest BCUT2D eigenvalue weighted by Gasteiger charge is 2.35. The van der Waals surface area contributed by atoms with Crippen molar-refractivity contribution >= 4 is 11.7 Å². The van der Waals surface area contributed by atoms with Crippen LogP contribution in [-0.2, 0) is 0 Å². The zero-order valence-electron chi connectivity index (χ0n) is 9.48. The summed E-state index contributed by atoms with van der Waals surface area (Å²) in [5.41, 5.74) is 4.70. The van der Waals surface area contributed by atoms with E-state index in [9.17, 15) is 14.3 Å². The second-order valence-corrected chi connectivity index (χ2v) is 4.56. The van der Waals surface area contributed by atoms with Crippen molar-refractivity contribution in [2.45, 2.75) is 18.9 Å². The lowest BCUT2D eigenvalue weighted by molar-refractivity contribution is 0.0572. The van der Waals surface area contributed by atoms with E-state index in [2.05, 4.69) is 4.98 Å². The second-order valence-electron chi connectivity index (χ2n) is 4.56. The van der Waals surface area contributed by atoms with Crippen molar-refractivity contribution in [3.05, 3.63) is 23.6 Å². The molecule has 1 aromatic rings. The normalized spacial score (nSPS) is 24.1. The Morgan fingerprint density at radius 3 is 3.00 bits per heavy atom. The molecular formula is C11H14FN3O2. The molecule has 0 aliphatic carbocycles. The lowest BCUT2D eigenvalue weighted by atomic mass is 10.1. The molecule has 1 fully saturated rings. The summed E-state index contributed by atoms with van der Waals surface area (Å²) >= 11 is 0. The van der Waals surface area contributed by atoms with Gasteiger partial charge in [-0.25, -0.2) is 9.37 Å². The molecule has 1 aliphatic heterocycles. The van der Waals surface area contributed by atoms with Crippen LogP contribution in [0.2, 0.25) is 0 Å². The molecule has 1 aliphatic rings. The number of carbonyl (C=O) groups is 1. The number of pyridine rings is 1. The summed E-state index contributed by atoms with van der Waals surface area (Å²) in [7, 11) is 0. The van der Waals surface area contributed by atoms with E-state index in [0.717, 1.165) is 12.3 Å². The summed E-state index contributed by atoms with van der Waals surface area (Å²) in [6.45, 7) is 2.32. The van der Waals surface area contributed by atoms with Crippen LogP contribution in [0.3, 0.4) is 0 Å². The maximum Gasteiger partial charge on any atom is 0.257 e. The third-order valence-electron chi connectivity index (χ3n) is 2.85. The van der Waals surface area contributed by atoms with Gasteiger partial charge in [-0.3, -0.25) is 4.79 Å². The lowest BCUT2D eigenvalue weighted by Gasteiger charge is -2.19. The van der Waals surface area contributed by atoms with Crippen molar-refractivity contribution in [1.29, 1.82) is 0 Å². The van der Waals surface area contributed by atoms with Gasteiger partial charge in [-0.15, -0.1) is 0 Å². The maximum atomic E-state index is 13.0. The Labute approximate surface area is 98.1 Å². The zero-order chi connectivity index (χ0) is 12.6. The number of β-amino-alcohol motifs (C(OH)–C–C–N with tert-alkyl or cyclic N) is 1. The fourth-order valence-corrected chi connectivity index (χ4v) is 1.91. The molecule has 0 aromatic carbocycles. The van der Waals surface area contributed by atoms with E-state index in [1.165, 1.54) is 4.90 Å². The van der Waals surface area contributed by atoms with Gasteiger partial charge in [-0.2, -0.15) is 0 Å². The molecule has 0 radical (unpaired) electrons. The van der Waals surface area contributed by atoms with Crippen LogP contribution in [0.5, 0.6) is 0 Å². The minimum atomic E-state index is -0.884. The van der Waals surface area contributed by atoms with E-state index in [1.807, 2.05) is 0 Å². The van der Waals surface area contributed by atoms with Gasteiger partial charge in [0.25, 0.3) is 5.91 Å². The first-order chi connectivity index (χ1) is 7.89. The van der Waals surface area contributed by atoms with Gasteiger partial charge in [-0.05, 0) is 19.4 Å². The minimum Gasteiger partial charge on any atom is -0.388 e. The number of nitrogen functional groups attached to an aromatic ring is 1. The second kappa shape index (κ2) is 3.96. The number of hydrogen-bond donors (Lipinski definition) is 2. The molecule has 1 aromatic heterocycles. The van der Waals surface area contributed by atoms with E-state index >= 15 is 0 Å². The minimum absolute atomic E-state index is 0.00272. The molecule has 1 amide bonds. The molecule has 2 heterocycles. The third-order valence-corrected chi connectivity index (χ3v) is 2.85. The summed E-state index contributed by atoms with van der Waals surface area (Å²) in [5.74, 6) is -0.997. The van der Waals surface area contributed by atoms with Gasteiger partial charge < -0.3 is 15.7 Å². The quantitative estimate of drug-likeness (QED) is 0.743. The van der Waals surface area contributed by atoms with Gasteiger partial charge in [0.15, 0.2) is 0 Å². The van der Waals surface area contributed by atoms with Gasteiger partial charge in [0.1, 0.15) is 11.6 Å². The average Bonchev–Trinajstić information content (AvgIpc) is 2.61. The molecular weight excluding hydrogens is 225 g/mol. The van der Waals surface area contributed by atoms with Crippen molar-refractivity contribution in [1.82, 2.24) is 9.88 Å². The number of carbonyl (C=O) groups excluding carboxylic acids is 1. The molecule has 0 saturated carbocycles. The van der Waals surface area contributed by atoms with Crippen molar-refractivity contribution in [2.75, 3.05) is 18.8 Å². The molecule has 1 unspecified atom stereocenters. The summed E-state index contributed by atoms with van der Waals surface area (Å²) in [6.07, 6.45) is 1.47. The van der Waals surface area contributed by atoms with Crippen LogP contribution in [0.15, 0.2) is 12.3 Å². The Morgan fingerprint density at radius 1 is 1.71 bits per heavy atom. The standard InChI is InChI=1S/C11H14FN3O2/c1-11(17)2-3-15(6-11)10(16)8-4-7(12)5-14-9(8)13/h4-5,17H,2-3,6H2,1H3,(H2,13,14). The number of nitrogens with two attached hydrogens (primary N) is 1. The van der Waals surface area contributed by atoms with Crippen molar-refractivity contribution in [2.24, 2.45) is 0 Å². The lowest BCUT2D eigenvalue weighted by Crippen LogP contribution is -2.34. The van der Waals surface area contributed by atoms with E-state index in [-0.39, 0.29) is 17.9 Å². The smallest absolute Gasteiger partial charge is 0.257 e. The van der Waals surface area contributed by atoms with Crippen molar-refractivity contribution in [3.8, 4) is 0 Å². The number of hydrogen-bond acceptors (Lipinski definition) is 4. The number of amides is 1. The van der Waals surface area contributed by atoms with Crippen molar-refractivity contribution < 1.29 is 14.3 Å². The number of anilines is 1. The molecule has 1 saturated heterocycles. The predicted octanol–water partition coefficient (Wildman–Crippen LogP) is 0.400. The van der Waals surface area contributed by atoms with Gasteiger partial charge in [0.2, 0.25) is 0 Å². The summed E-state index contributed by atoms with van der Waals surface area (Å²) in [4.78, 5) is 17.1. The van der Waals surface area contributed by atoms with Crippen LogP contribution in [0.1, 0.15) is 23.7 Å². The van der Waals surface area contributed by atoms with Crippen LogP contribution in [-0.4, -0.2) is 39.6 Å². The van der Waals surface area contributed by atoms with Gasteiger partial charge >= 0.3 is 0 Å². The third kappa shape index (κ3) is 2.36. The number of nitrogens with zero attached hydrogens (tertiary/aromatic N) is 2. The number of halogens is 1.